The van der Waals surface area contributed by atoms with E-state index in [1.165, 1.54) is 31.7 Å². The molecule has 1 fully saturated rings. The highest BCUT2D eigenvalue weighted by atomic mass is 19.1. The van der Waals surface area contributed by atoms with E-state index in [4.69, 9.17) is 0 Å². The van der Waals surface area contributed by atoms with Crippen molar-refractivity contribution in [3.63, 3.8) is 0 Å². The van der Waals surface area contributed by atoms with Gasteiger partial charge in [0.1, 0.15) is 5.82 Å². The van der Waals surface area contributed by atoms with Gasteiger partial charge in [-0.25, -0.2) is 4.39 Å². The maximum atomic E-state index is 13.5. The highest BCUT2D eigenvalue weighted by Crippen LogP contribution is 2.30. The second-order valence-corrected chi connectivity index (χ2v) is 5.04. The van der Waals surface area contributed by atoms with Crippen LogP contribution in [0.4, 0.5) is 10.1 Å². The summed E-state index contributed by atoms with van der Waals surface area (Å²) in [5.74, 6) is -0.213. The molecule has 0 radical (unpaired) electrons. The minimum absolute atomic E-state index is 0.213. The van der Waals surface area contributed by atoms with Crippen LogP contribution < -0.4 is 5.32 Å². The van der Waals surface area contributed by atoms with Gasteiger partial charge in [-0.2, -0.15) is 5.10 Å². The molecule has 0 saturated heterocycles. The Morgan fingerprint density at radius 1 is 1.21 bits per heavy atom. The van der Waals surface area contributed by atoms with E-state index in [0.29, 0.717) is 18.3 Å². The van der Waals surface area contributed by atoms with Crippen molar-refractivity contribution in [2.24, 2.45) is 0 Å². The second kappa shape index (κ2) is 5.43. The second-order valence-electron chi connectivity index (χ2n) is 5.04. The third-order valence-corrected chi connectivity index (χ3v) is 3.76. The number of hydrogen-bond acceptors (Lipinski definition) is 2. The molecule has 100 valence electrons. The van der Waals surface area contributed by atoms with Gasteiger partial charge in [0.25, 0.3) is 0 Å². The molecule has 0 spiro atoms. The lowest BCUT2D eigenvalue weighted by Crippen LogP contribution is -2.13. The van der Waals surface area contributed by atoms with Gasteiger partial charge >= 0.3 is 0 Å². The molecule has 4 heteroatoms. The Morgan fingerprint density at radius 3 is 2.79 bits per heavy atom. The van der Waals surface area contributed by atoms with Gasteiger partial charge in [0.05, 0.1) is 24.0 Å². The Balaban J connectivity index is 1.70. The summed E-state index contributed by atoms with van der Waals surface area (Å²) in [7, 11) is 0. The third kappa shape index (κ3) is 2.62. The van der Waals surface area contributed by atoms with Crippen LogP contribution in [0.1, 0.15) is 37.4 Å². The van der Waals surface area contributed by atoms with E-state index in [-0.39, 0.29) is 5.82 Å². The van der Waals surface area contributed by atoms with Gasteiger partial charge in [-0.1, -0.05) is 25.0 Å². The van der Waals surface area contributed by atoms with E-state index in [1.54, 1.807) is 12.1 Å². The predicted octanol–water partition coefficient (Wildman–Crippen LogP) is 3.75. The van der Waals surface area contributed by atoms with Gasteiger partial charge < -0.3 is 5.32 Å². The topological polar surface area (TPSA) is 29.9 Å². The summed E-state index contributed by atoms with van der Waals surface area (Å²) in [4.78, 5) is 0. The van der Waals surface area contributed by atoms with Crippen LogP contribution in [0.5, 0.6) is 0 Å². The zero-order valence-corrected chi connectivity index (χ0v) is 10.8. The van der Waals surface area contributed by atoms with Gasteiger partial charge in [-0.15, -0.1) is 0 Å². The van der Waals surface area contributed by atoms with Gasteiger partial charge in [0, 0.05) is 6.20 Å². The quantitative estimate of drug-likeness (QED) is 0.906. The maximum absolute atomic E-state index is 13.5. The molecule has 19 heavy (non-hydrogen) atoms. The van der Waals surface area contributed by atoms with Crippen LogP contribution in [-0.2, 0) is 6.54 Å². The maximum Gasteiger partial charge on any atom is 0.146 e. The fraction of sp³-hybridized carbons (Fsp3) is 0.400. The smallest absolute Gasteiger partial charge is 0.146 e. The molecule has 1 N–H and O–H groups in total. The molecule has 1 aliphatic carbocycles. The van der Waals surface area contributed by atoms with Crippen LogP contribution in [0, 0.1) is 5.82 Å². The number of halogens is 1. The fourth-order valence-corrected chi connectivity index (χ4v) is 2.75. The predicted molar refractivity (Wildman–Crippen MR) is 73.5 cm³/mol. The SMILES string of the molecule is Fc1ccccc1NCc1ccnn1C1CCCC1. The molecular weight excluding hydrogens is 241 g/mol. The Labute approximate surface area is 112 Å². The van der Waals surface area contributed by atoms with Crippen molar-refractivity contribution in [2.45, 2.75) is 38.3 Å². The lowest BCUT2D eigenvalue weighted by molar-refractivity contribution is 0.452. The van der Waals surface area contributed by atoms with Crippen molar-refractivity contribution >= 4 is 5.69 Å². The number of nitrogens with one attached hydrogen (secondary N) is 1. The molecule has 0 aliphatic heterocycles. The van der Waals surface area contributed by atoms with Crippen molar-refractivity contribution in [1.29, 1.82) is 0 Å². The summed E-state index contributed by atoms with van der Waals surface area (Å²) >= 11 is 0. The third-order valence-electron chi connectivity index (χ3n) is 3.76. The zero-order chi connectivity index (χ0) is 13.1. The molecule has 0 atom stereocenters. The molecule has 1 saturated carbocycles. The average molecular weight is 259 g/mol. The molecule has 1 heterocycles. The lowest BCUT2D eigenvalue weighted by atomic mass is 10.2. The average Bonchev–Trinajstić information content (AvgIpc) is 3.08. The first-order valence-electron chi connectivity index (χ1n) is 6.85. The van der Waals surface area contributed by atoms with Gasteiger partial charge in [-0.3, -0.25) is 4.68 Å². The molecule has 0 amide bonds. The fourth-order valence-electron chi connectivity index (χ4n) is 2.75. The molecule has 0 unspecified atom stereocenters. The van der Waals surface area contributed by atoms with E-state index in [9.17, 15) is 4.39 Å². The van der Waals surface area contributed by atoms with Gasteiger partial charge in [0.15, 0.2) is 0 Å². The van der Waals surface area contributed by atoms with Gasteiger partial charge in [-0.05, 0) is 31.0 Å². The molecule has 3 nitrogen and oxygen atoms in total. The molecule has 2 aromatic rings. The Bertz CT molecular complexity index is 544. The summed E-state index contributed by atoms with van der Waals surface area (Å²) in [5.41, 5.74) is 1.66. The van der Waals surface area contributed by atoms with Crippen LogP contribution in [0.3, 0.4) is 0 Å². The van der Waals surface area contributed by atoms with E-state index >= 15 is 0 Å². The van der Waals surface area contributed by atoms with Crippen LogP contribution in [0.2, 0.25) is 0 Å². The summed E-state index contributed by atoms with van der Waals surface area (Å²) in [6, 6.07) is 9.28. The van der Waals surface area contributed by atoms with Crippen molar-refractivity contribution < 1.29 is 4.39 Å². The normalized spacial score (nSPS) is 15.8. The minimum Gasteiger partial charge on any atom is -0.377 e. The first-order valence-corrected chi connectivity index (χ1v) is 6.85. The number of benzene rings is 1. The lowest BCUT2D eigenvalue weighted by Gasteiger charge is -2.15. The number of rotatable bonds is 4. The van der Waals surface area contributed by atoms with Crippen LogP contribution in [-0.4, -0.2) is 9.78 Å². The number of nitrogens with zero attached hydrogens (tertiary/aromatic N) is 2. The van der Waals surface area contributed by atoms with Crippen molar-refractivity contribution in [1.82, 2.24) is 9.78 Å². The van der Waals surface area contributed by atoms with E-state index < -0.39 is 0 Å². The zero-order valence-electron chi connectivity index (χ0n) is 10.8. The molecule has 1 aromatic heterocycles. The van der Waals surface area contributed by atoms with Crippen LogP contribution in [0.25, 0.3) is 0 Å². The molecule has 1 aliphatic rings. The monoisotopic (exact) mass is 259 g/mol. The number of para-hydroxylation sites is 1. The Morgan fingerprint density at radius 2 is 2.00 bits per heavy atom. The summed E-state index contributed by atoms with van der Waals surface area (Å²) in [5, 5.41) is 7.56. The first kappa shape index (κ1) is 12.2. The summed E-state index contributed by atoms with van der Waals surface area (Å²) in [6.07, 6.45) is 6.80. The summed E-state index contributed by atoms with van der Waals surface area (Å²) < 4.78 is 15.6. The van der Waals surface area contributed by atoms with E-state index in [2.05, 4.69) is 15.1 Å². The number of anilines is 1. The molecule has 0 bridgehead atoms. The highest BCUT2D eigenvalue weighted by molar-refractivity contribution is 5.44. The van der Waals surface area contributed by atoms with Crippen LogP contribution >= 0.6 is 0 Å². The van der Waals surface area contributed by atoms with Gasteiger partial charge in [0.2, 0.25) is 0 Å². The first-order chi connectivity index (χ1) is 9.34. The summed E-state index contributed by atoms with van der Waals surface area (Å²) in [6.45, 7) is 0.609. The highest BCUT2D eigenvalue weighted by Gasteiger charge is 2.19. The largest absolute Gasteiger partial charge is 0.377 e. The minimum atomic E-state index is -0.213. The van der Waals surface area contributed by atoms with E-state index in [0.717, 1.165) is 5.69 Å². The Kier molecular flexibility index (Phi) is 3.49. The Hall–Kier alpha value is -1.84. The molecule has 1 aromatic carbocycles. The molecular formula is C15H18FN3. The number of aromatic nitrogens is 2. The van der Waals surface area contributed by atoms with Crippen molar-refractivity contribution in [2.75, 3.05) is 5.32 Å². The van der Waals surface area contributed by atoms with E-state index in [1.807, 2.05) is 18.3 Å². The van der Waals surface area contributed by atoms with Crippen molar-refractivity contribution in [3.8, 4) is 0 Å². The standard InChI is InChI=1S/C15H18FN3/c16-14-7-3-4-8-15(14)17-11-13-9-10-18-19(13)12-5-1-2-6-12/h3-4,7-10,12,17H,1-2,5-6,11H2. The van der Waals surface area contributed by atoms with Crippen LogP contribution in [0.15, 0.2) is 36.5 Å². The van der Waals surface area contributed by atoms with Crippen molar-refractivity contribution in [3.05, 3.63) is 48.0 Å². The number of hydrogen-bond donors (Lipinski definition) is 1. The molecule has 3 rings (SSSR count).